The third kappa shape index (κ3) is 4.18. The molecule has 1 heterocycles. The van der Waals surface area contributed by atoms with Gasteiger partial charge in [0.15, 0.2) is 0 Å². The summed E-state index contributed by atoms with van der Waals surface area (Å²) in [5.41, 5.74) is 2.08. The Morgan fingerprint density at radius 1 is 1.40 bits per heavy atom. The summed E-state index contributed by atoms with van der Waals surface area (Å²) in [7, 11) is 0. The first kappa shape index (κ1) is 15.3. The largest absolute Gasteiger partial charge is 0.377 e. The fourth-order valence-electron chi connectivity index (χ4n) is 2.28. The second-order valence-corrected chi connectivity index (χ2v) is 6.00. The molecular weight excluding hydrogens is 318 g/mol. The van der Waals surface area contributed by atoms with E-state index in [1.807, 2.05) is 30.3 Å². The summed E-state index contributed by atoms with van der Waals surface area (Å²) < 4.78 is 5.58. The van der Waals surface area contributed by atoms with Crippen LogP contribution in [0.3, 0.4) is 0 Å². The van der Waals surface area contributed by atoms with Crippen molar-refractivity contribution in [2.45, 2.75) is 37.2 Å². The zero-order chi connectivity index (χ0) is 14.4. The SMILES string of the molecule is C=C1CCC(Br)N1C(=O)CCCOCc1ccccc1. The van der Waals surface area contributed by atoms with Gasteiger partial charge in [0.2, 0.25) is 5.91 Å². The number of benzene rings is 1. The lowest BCUT2D eigenvalue weighted by Gasteiger charge is -2.21. The maximum Gasteiger partial charge on any atom is 0.227 e. The lowest BCUT2D eigenvalue weighted by molar-refractivity contribution is -0.129. The van der Waals surface area contributed by atoms with Gasteiger partial charge in [0.05, 0.1) is 11.6 Å². The van der Waals surface area contributed by atoms with Gasteiger partial charge < -0.3 is 9.64 Å². The third-order valence-electron chi connectivity index (χ3n) is 3.35. The minimum atomic E-state index is 0.118. The van der Waals surface area contributed by atoms with Crippen LogP contribution in [0.5, 0.6) is 0 Å². The summed E-state index contributed by atoms with van der Waals surface area (Å²) in [6, 6.07) is 10.1. The van der Waals surface area contributed by atoms with Crippen molar-refractivity contribution in [3.8, 4) is 0 Å². The predicted molar refractivity (Wildman–Crippen MR) is 83.3 cm³/mol. The molecular formula is C16H20BrNO2. The van der Waals surface area contributed by atoms with Crippen LogP contribution in [0.4, 0.5) is 0 Å². The molecule has 0 saturated carbocycles. The molecule has 1 fully saturated rings. The molecule has 0 bridgehead atoms. The average molecular weight is 338 g/mol. The predicted octanol–water partition coefficient (Wildman–Crippen LogP) is 3.84. The van der Waals surface area contributed by atoms with Crippen molar-refractivity contribution in [2.75, 3.05) is 6.61 Å². The highest BCUT2D eigenvalue weighted by Crippen LogP contribution is 2.30. The van der Waals surface area contributed by atoms with Gasteiger partial charge in [0.25, 0.3) is 0 Å². The fourth-order valence-corrected chi connectivity index (χ4v) is 3.02. The summed E-state index contributed by atoms with van der Waals surface area (Å²) in [5, 5.41) is 0. The fraction of sp³-hybridized carbons (Fsp3) is 0.438. The van der Waals surface area contributed by atoms with Gasteiger partial charge in [0, 0.05) is 18.7 Å². The maximum absolute atomic E-state index is 12.1. The second kappa shape index (κ2) is 7.60. The number of allylic oxidation sites excluding steroid dienone is 1. The number of halogens is 1. The number of carbonyl (C=O) groups is 1. The Morgan fingerprint density at radius 3 is 2.80 bits per heavy atom. The van der Waals surface area contributed by atoms with E-state index in [9.17, 15) is 4.79 Å². The first-order valence-electron chi connectivity index (χ1n) is 6.94. The quantitative estimate of drug-likeness (QED) is 0.448. The van der Waals surface area contributed by atoms with E-state index in [0.717, 1.165) is 30.5 Å². The highest BCUT2D eigenvalue weighted by molar-refractivity contribution is 9.09. The van der Waals surface area contributed by atoms with Crippen LogP contribution in [-0.4, -0.2) is 22.4 Å². The van der Waals surface area contributed by atoms with Crippen molar-refractivity contribution in [2.24, 2.45) is 0 Å². The molecule has 0 aliphatic carbocycles. The Hall–Kier alpha value is -1.13. The number of rotatable bonds is 6. The number of alkyl halides is 1. The number of carbonyl (C=O) groups excluding carboxylic acids is 1. The first-order chi connectivity index (χ1) is 9.68. The number of likely N-dealkylation sites (tertiary alicyclic amines) is 1. The summed E-state index contributed by atoms with van der Waals surface area (Å²) >= 11 is 3.51. The number of hydrogen-bond acceptors (Lipinski definition) is 2. The van der Waals surface area contributed by atoms with Gasteiger partial charge in [-0.25, -0.2) is 0 Å². The highest BCUT2D eigenvalue weighted by atomic mass is 79.9. The molecule has 1 aromatic carbocycles. The number of hydrogen-bond donors (Lipinski definition) is 0. The molecule has 2 rings (SSSR count). The van der Waals surface area contributed by atoms with E-state index >= 15 is 0 Å². The van der Waals surface area contributed by atoms with E-state index < -0.39 is 0 Å². The molecule has 1 aromatic rings. The summed E-state index contributed by atoms with van der Waals surface area (Å²) in [6.45, 7) is 5.14. The number of amides is 1. The molecule has 1 aliphatic heterocycles. The smallest absolute Gasteiger partial charge is 0.227 e. The van der Waals surface area contributed by atoms with Crippen LogP contribution in [-0.2, 0) is 16.1 Å². The van der Waals surface area contributed by atoms with Crippen molar-refractivity contribution in [3.05, 3.63) is 48.2 Å². The van der Waals surface area contributed by atoms with E-state index in [2.05, 4.69) is 22.5 Å². The molecule has 0 radical (unpaired) electrons. The van der Waals surface area contributed by atoms with Crippen LogP contribution in [0.15, 0.2) is 42.6 Å². The van der Waals surface area contributed by atoms with Crippen molar-refractivity contribution >= 4 is 21.8 Å². The first-order valence-corrected chi connectivity index (χ1v) is 7.85. The van der Waals surface area contributed by atoms with Crippen molar-refractivity contribution in [3.63, 3.8) is 0 Å². The van der Waals surface area contributed by atoms with E-state index in [1.165, 1.54) is 0 Å². The molecule has 108 valence electrons. The van der Waals surface area contributed by atoms with E-state index in [1.54, 1.807) is 4.90 Å². The van der Waals surface area contributed by atoms with Gasteiger partial charge in [-0.15, -0.1) is 0 Å². The zero-order valence-electron chi connectivity index (χ0n) is 11.6. The van der Waals surface area contributed by atoms with Crippen LogP contribution in [0.2, 0.25) is 0 Å². The van der Waals surface area contributed by atoms with Gasteiger partial charge >= 0.3 is 0 Å². The van der Waals surface area contributed by atoms with Crippen LogP contribution < -0.4 is 0 Å². The Bertz CT molecular complexity index is 461. The van der Waals surface area contributed by atoms with Gasteiger partial charge in [0.1, 0.15) is 0 Å². The highest BCUT2D eigenvalue weighted by Gasteiger charge is 2.29. The summed E-state index contributed by atoms with van der Waals surface area (Å²) in [5.74, 6) is 0.137. The summed E-state index contributed by atoms with van der Waals surface area (Å²) in [4.78, 5) is 14.0. The van der Waals surface area contributed by atoms with Gasteiger partial charge in [-0.2, -0.15) is 0 Å². The number of nitrogens with zero attached hydrogens (tertiary/aromatic N) is 1. The van der Waals surface area contributed by atoms with Crippen molar-refractivity contribution in [1.82, 2.24) is 4.90 Å². The topological polar surface area (TPSA) is 29.5 Å². The molecule has 1 aliphatic rings. The van der Waals surface area contributed by atoms with E-state index in [4.69, 9.17) is 4.74 Å². The molecule has 1 amide bonds. The lowest BCUT2D eigenvalue weighted by atomic mass is 10.2. The van der Waals surface area contributed by atoms with Gasteiger partial charge in [-0.05, 0) is 24.8 Å². The standard InChI is InChI=1S/C16H20BrNO2/c1-13-9-10-15(17)18(13)16(19)8-5-11-20-12-14-6-3-2-4-7-14/h2-4,6-7,15H,1,5,8-12H2. The van der Waals surface area contributed by atoms with Crippen LogP contribution in [0, 0.1) is 0 Å². The van der Waals surface area contributed by atoms with Crippen molar-refractivity contribution in [1.29, 1.82) is 0 Å². The molecule has 0 N–H and O–H groups in total. The molecule has 0 spiro atoms. The monoisotopic (exact) mass is 337 g/mol. The zero-order valence-corrected chi connectivity index (χ0v) is 13.1. The van der Waals surface area contributed by atoms with Crippen molar-refractivity contribution < 1.29 is 9.53 Å². The maximum atomic E-state index is 12.1. The Kier molecular flexibility index (Phi) is 5.80. The van der Waals surface area contributed by atoms with E-state index in [-0.39, 0.29) is 10.9 Å². The van der Waals surface area contributed by atoms with E-state index in [0.29, 0.717) is 19.6 Å². The molecule has 3 nitrogen and oxygen atoms in total. The minimum Gasteiger partial charge on any atom is -0.377 e. The Balaban J connectivity index is 1.64. The van der Waals surface area contributed by atoms with Crippen LogP contribution in [0.1, 0.15) is 31.2 Å². The Labute approximate surface area is 128 Å². The molecule has 0 aromatic heterocycles. The molecule has 4 heteroatoms. The third-order valence-corrected chi connectivity index (χ3v) is 4.22. The molecule has 20 heavy (non-hydrogen) atoms. The molecule has 1 atom stereocenters. The molecule has 1 saturated heterocycles. The van der Waals surface area contributed by atoms with Gasteiger partial charge in [-0.1, -0.05) is 52.8 Å². The second-order valence-electron chi connectivity index (χ2n) is 4.94. The summed E-state index contributed by atoms with van der Waals surface area (Å²) in [6.07, 6.45) is 3.10. The minimum absolute atomic E-state index is 0.118. The normalized spacial score (nSPS) is 18.6. The molecule has 1 unspecified atom stereocenters. The van der Waals surface area contributed by atoms with Crippen LogP contribution in [0.25, 0.3) is 0 Å². The van der Waals surface area contributed by atoms with Crippen LogP contribution >= 0.6 is 15.9 Å². The average Bonchev–Trinajstić information content (AvgIpc) is 2.79. The van der Waals surface area contributed by atoms with Gasteiger partial charge in [-0.3, -0.25) is 4.79 Å². The number of ether oxygens (including phenoxy) is 1. The Morgan fingerprint density at radius 2 is 2.15 bits per heavy atom. The lowest BCUT2D eigenvalue weighted by Crippen LogP contribution is -2.30.